The fraction of sp³-hybridized carbons (Fsp3) is 0.562. The molecule has 0 aliphatic carbocycles. The molecule has 108 valence electrons. The first-order chi connectivity index (χ1) is 9.70. The summed E-state index contributed by atoms with van der Waals surface area (Å²) in [5.41, 5.74) is 2.30. The Balaban J connectivity index is 1.83. The number of cyclic esters (lactones) is 1. The minimum Gasteiger partial charge on any atom is -0.447 e. The normalized spacial score (nSPS) is 26.6. The molecule has 1 N–H and O–H groups in total. The van der Waals surface area contributed by atoms with E-state index in [1.165, 1.54) is 11.1 Å². The number of aryl methyl sites for hydroxylation is 1. The second-order valence-corrected chi connectivity index (χ2v) is 5.96. The van der Waals surface area contributed by atoms with Gasteiger partial charge in [0.15, 0.2) is 0 Å². The summed E-state index contributed by atoms with van der Waals surface area (Å²) in [6, 6.07) is 8.36. The van der Waals surface area contributed by atoms with E-state index in [0.717, 1.165) is 32.4 Å². The summed E-state index contributed by atoms with van der Waals surface area (Å²) >= 11 is 0. The van der Waals surface area contributed by atoms with Crippen LogP contribution in [0.15, 0.2) is 24.3 Å². The lowest BCUT2D eigenvalue weighted by Crippen LogP contribution is -2.47. The maximum Gasteiger partial charge on any atom is 0.410 e. The third-order valence-corrected chi connectivity index (χ3v) is 4.44. The Morgan fingerprint density at radius 1 is 1.35 bits per heavy atom. The van der Waals surface area contributed by atoms with Gasteiger partial charge in [0.1, 0.15) is 6.61 Å². The zero-order valence-electron chi connectivity index (χ0n) is 12.0. The molecule has 0 saturated carbocycles. The van der Waals surface area contributed by atoms with E-state index in [1.54, 1.807) is 0 Å². The van der Waals surface area contributed by atoms with E-state index >= 15 is 0 Å². The summed E-state index contributed by atoms with van der Waals surface area (Å²) in [6.07, 6.45) is 2.94. The molecule has 20 heavy (non-hydrogen) atoms. The first kappa shape index (κ1) is 13.4. The molecular formula is C16H22N2O2. The van der Waals surface area contributed by atoms with Crippen molar-refractivity contribution in [3.05, 3.63) is 35.4 Å². The van der Waals surface area contributed by atoms with Gasteiger partial charge in [0.05, 0.1) is 5.54 Å². The summed E-state index contributed by atoms with van der Waals surface area (Å²) in [5.74, 6) is 0. The Bertz CT molecular complexity index is 493. The molecule has 1 atom stereocenters. The third-order valence-electron chi connectivity index (χ3n) is 4.44. The highest BCUT2D eigenvalue weighted by atomic mass is 16.6. The van der Waals surface area contributed by atoms with Gasteiger partial charge in [0, 0.05) is 6.54 Å². The summed E-state index contributed by atoms with van der Waals surface area (Å²) in [5, 5.41) is 3.41. The highest BCUT2D eigenvalue weighted by Gasteiger charge is 2.46. The van der Waals surface area contributed by atoms with Crippen LogP contribution < -0.4 is 5.32 Å². The summed E-state index contributed by atoms with van der Waals surface area (Å²) in [6.45, 7) is 5.27. The molecule has 2 saturated heterocycles. The molecule has 2 fully saturated rings. The minimum atomic E-state index is -0.159. The molecule has 1 aromatic rings. The van der Waals surface area contributed by atoms with Crippen molar-refractivity contribution < 1.29 is 9.53 Å². The van der Waals surface area contributed by atoms with Crippen molar-refractivity contribution >= 4 is 6.09 Å². The molecule has 4 nitrogen and oxygen atoms in total. The van der Waals surface area contributed by atoms with Gasteiger partial charge in [-0.1, -0.05) is 29.8 Å². The van der Waals surface area contributed by atoms with Crippen LogP contribution in [-0.4, -0.2) is 36.2 Å². The second-order valence-electron chi connectivity index (χ2n) is 5.96. The average molecular weight is 274 g/mol. The van der Waals surface area contributed by atoms with Crippen LogP contribution in [0.3, 0.4) is 0 Å². The monoisotopic (exact) mass is 274 g/mol. The third kappa shape index (κ3) is 2.52. The highest BCUT2D eigenvalue weighted by molar-refractivity contribution is 5.71. The SMILES string of the molecule is Cc1cccc(CN2C(=O)OCC23CCCNCC3)c1. The summed E-state index contributed by atoms with van der Waals surface area (Å²) in [4.78, 5) is 14.1. The van der Waals surface area contributed by atoms with E-state index in [0.29, 0.717) is 13.2 Å². The number of rotatable bonds is 2. The van der Waals surface area contributed by atoms with E-state index < -0.39 is 0 Å². The molecule has 0 radical (unpaired) electrons. The van der Waals surface area contributed by atoms with Gasteiger partial charge >= 0.3 is 6.09 Å². The van der Waals surface area contributed by atoms with Crippen LogP contribution in [0, 0.1) is 6.92 Å². The summed E-state index contributed by atoms with van der Waals surface area (Å²) < 4.78 is 5.38. The number of nitrogens with zero attached hydrogens (tertiary/aromatic N) is 1. The lowest BCUT2D eigenvalue weighted by atomic mass is 9.90. The molecule has 4 heteroatoms. The van der Waals surface area contributed by atoms with E-state index in [4.69, 9.17) is 4.74 Å². The van der Waals surface area contributed by atoms with Crippen molar-refractivity contribution in [2.45, 2.75) is 38.3 Å². The highest BCUT2D eigenvalue weighted by Crippen LogP contribution is 2.34. The Labute approximate surface area is 120 Å². The number of nitrogens with one attached hydrogen (secondary N) is 1. The maximum absolute atomic E-state index is 12.1. The topological polar surface area (TPSA) is 41.6 Å². The van der Waals surface area contributed by atoms with Crippen LogP contribution in [-0.2, 0) is 11.3 Å². The van der Waals surface area contributed by atoms with Gasteiger partial charge in [0.2, 0.25) is 0 Å². The number of amides is 1. The van der Waals surface area contributed by atoms with Gasteiger partial charge in [-0.2, -0.15) is 0 Å². The zero-order chi connectivity index (χ0) is 14.0. The molecule has 1 unspecified atom stereocenters. The van der Waals surface area contributed by atoms with Crippen LogP contribution in [0.25, 0.3) is 0 Å². The average Bonchev–Trinajstić information content (AvgIpc) is 2.64. The number of hydrogen-bond donors (Lipinski definition) is 1. The minimum absolute atomic E-state index is 0.107. The van der Waals surface area contributed by atoms with Crippen molar-refractivity contribution in [3.8, 4) is 0 Å². The molecule has 2 heterocycles. The molecular weight excluding hydrogens is 252 g/mol. The van der Waals surface area contributed by atoms with E-state index in [1.807, 2.05) is 11.0 Å². The maximum atomic E-state index is 12.1. The molecule has 0 bridgehead atoms. The Morgan fingerprint density at radius 3 is 3.10 bits per heavy atom. The summed E-state index contributed by atoms with van der Waals surface area (Å²) in [7, 11) is 0. The standard InChI is InChI=1S/C16H22N2O2/c1-13-4-2-5-14(10-13)11-18-15(19)20-12-16(18)6-3-8-17-9-7-16/h2,4-5,10,17H,3,6-9,11-12H2,1H3. The molecule has 1 aromatic carbocycles. The largest absolute Gasteiger partial charge is 0.447 e. The molecule has 2 aliphatic rings. The van der Waals surface area contributed by atoms with Crippen molar-refractivity contribution in [3.63, 3.8) is 0 Å². The Hall–Kier alpha value is -1.55. The van der Waals surface area contributed by atoms with Gasteiger partial charge in [-0.25, -0.2) is 4.79 Å². The Morgan fingerprint density at radius 2 is 2.25 bits per heavy atom. The van der Waals surface area contributed by atoms with E-state index in [9.17, 15) is 4.79 Å². The molecule has 0 aromatic heterocycles. The predicted octanol–water partition coefficient (Wildman–Crippen LogP) is 2.46. The van der Waals surface area contributed by atoms with Crippen LogP contribution in [0.5, 0.6) is 0 Å². The van der Waals surface area contributed by atoms with Gasteiger partial charge < -0.3 is 10.1 Å². The first-order valence-corrected chi connectivity index (χ1v) is 7.40. The van der Waals surface area contributed by atoms with Gasteiger partial charge in [-0.15, -0.1) is 0 Å². The molecule has 1 spiro atoms. The van der Waals surface area contributed by atoms with Gasteiger partial charge in [-0.05, 0) is 44.8 Å². The van der Waals surface area contributed by atoms with Crippen LogP contribution in [0.1, 0.15) is 30.4 Å². The number of benzene rings is 1. The molecule has 3 rings (SSSR count). The van der Waals surface area contributed by atoms with Gasteiger partial charge in [-0.3, -0.25) is 4.90 Å². The fourth-order valence-corrected chi connectivity index (χ4v) is 3.30. The quantitative estimate of drug-likeness (QED) is 0.900. The number of carbonyl (C=O) groups is 1. The van der Waals surface area contributed by atoms with Crippen molar-refractivity contribution in [2.24, 2.45) is 0 Å². The van der Waals surface area contributed by atoms with Crippen LogP contribution in [0.4, 0.5) is 4.79 Å². The smallest absolute Gasteiger partial charge is 0.410 e. The van der Waals surface area contributed by atoms with Crippen LogP contribution >= 0.6 is 0 Å². The predicted molar refractivity (Wildman–Crippen MR) is 77.5 cm³/mol. The molecule has 1 amide bonds. The van der Waals surface area contributed by atoms with Gasteiger partial charge in [0.25, 0.3) is 0 Å². The van der Waals surface area contributed by atoms with Crippen molar-refractivity contribution in [1.29, 1.82) is 0 Å². The Kier molecular flexibility index (Phi) is 3.66. The lowest BCUT2D eigenvalue weighted by molar-refractivity contribution is 0.137. The molecule has 2 aliphatic heterocycles. The zero-order valence-corrected chi connectivity index (χ0v) is 12.0. The van der Waals surface area contributed by atoms with Crippen LogP contribution in [0.2, 0.25) is 0 Å². The first-order valence-electron chi connectivity index (χ1n) is 7.40. The lowest BCUT2D eigenvalue weighted by Gasteiger charge is -2.34. The van der Waals surface area contributed by atoms with E-state index in [2.05, 4.69) is 30.4 Å². The number of hydrogen-bond acceptors (Lipinski definition) is 3. The fourth-order valence-electron chi connectivity index (χ4n) is 3.30. The number of ether oxygens (including phenoxy) is 1. The number of carbonyl (C=O) groups excluding carboxylic acids is 1. The van der Waals surface area contributed by atoms with E-state index in [-0.39, 0.29) is 11.6 Å². The van der Waals surface area contributed by atoms with Crippen molar-refractivity contribution in [2.75, 3.05) is 19.7 Å². The van der Waals surface area contributed by atoms with Crippen molar-refractivity contribution in [1.82, 2.24) is 10.2 Å². The second kappa shape index (κ2) is 5.44.